The number of nitrogens with one attached hydrogen (secondary N) is 1. The molecule has 0 aromatic carbocycles. The second-order valence-corrected chi connectivity index (χ2v) is 4.09. The third-order valence-electron chi connectivity index (χ3n) is 1.95. The van der Waals surface area contributed by atoms with E-state index >= 15 is 0 Å². The van der Waals surface area contributed by atoms with Crippen molar-refractivity contribution in [3.05, 3.63) is 22.4 Å². The molecule has 1 amide bonds. The Morgan fingerprint density at radius 2 is 2.47 bits per heavy atom. The lowest BCUT2D eigenvalue weighted by Gasteiger charge is -1.97. The Labute approximate surface area is 94.2 Å². The van der Waals surface area contributed by atoms with Gasteiger partial charge in [-0.1, -0.05) is 19.8 Å². The van der Waals surface area contributed by atoms with E-state index in [2.05, 4.69) is 17.5 Å². The summed E-state index contributed by atoms with van der Waals surface area (Å²) in [6.45, 7) is 2.12. The molecular formula is C11H16N2OS. The van der Waals surface area contributed by atoms with Gasteiger partial charge in [0.25, 0.3) is 0 Å². The molecule has 0 fully saturated rings. The predicted molar refractivity (Wildman–Crippen MR) is 64.2 cm³/mol. The van der Waals surface area contributed by atoms with E-state index in [-0.39, 0.29) is 5.91 Å². The standard InChI is InChI=1S/C11H16N2OS/c1-2-3-4-5-11(14)13-12-8-10-6-7-15-9-10/h6-9H,2-5H2,1H3,(H,13,14)/b12-8+. The van der Waals surface area contributed by atoms with E-state index in [4.69, 9.17) is 0 Å². The van der Waals surface area contributed by atoms with Crippen molar-refractivity contribution in [2.24, 2.45) is 5.10 Å². The maximum Gasteiger partial charge on any atom is 0.240 e. The number of rotatable bonds is 6. The molecule has 1 aromatic rings. The van der Waals surface area contributed by atoms with Crippen LogP contribution in [0.4, 0.5) is 0 Å². The summed E-state index contributed by atoms with van der Waals surface area (Å²) in [5.41, 5.74) is 3.54. The van der Waals surface area contributed by atoms with Gasteiger partial charge >= 0.3 is 0 Å². The van der Waals surface area contributed by atoms with Crippen LogP contribution in [0.5, 0.6) is 0 Å². The van der Waals surface area contributed by atoms with Crippen LogP contribution in [-0.4, -0.2) is 12.1 Å². The molecule has 1 aromatic heterocycles. The monoisotopic (exact) mass is 224 g/mol. The number of hydrogen-bond donors (Lipinski definition) is 1. The molecular weight excluding hydrogens is 208 g/mol. The lowest BCUT2D eigenvalue weighted by molar-refractivity contribution is -0.121. The summed E-state index contributed by atoms with van der Waals surface area (Å²) in [5, 5.41) is 7.83. The van der Waals surface area contributed by atoms with E-state index < -0.39 is 0 Å². The SMILES string of the molecule is CCCCCC(=O)N/N=C/c1ccsc1. The molecule has 82 valence electrons. The first kappa shape index (κ1) is 11.9. The van der Waals surface area contributed by atoms with E-state index in [1.165, 1.54) is 0 Å². The van der Waals surface area contributed by atoms with Crippen molar-refractivity contribution >= 4 is 23.5 Å². The van der Waals surface area contributed by atoms with Crippen LogP contribution in [0.25, 0.3) is 0 Å². The number of thiophene rings is 1. The van der Waals surface area contributed by atoms with E-state index in [0.717, 1.165) is 24.8 Å². The van der Waals surface area contributed by atoms with Crippen molar-refractivity contribution in [3.8, 4) is 0 Å². The first-order valence-electron chi connectivity index (χ1n) is 5.17. The molecule has 0 aliphatic heterocycles. The zero-order valence-corrected chi connectivity index (χ0v) is 9.72. The number of unbranched alkanes of at least 4 members (excludes halogenated alkanes) is 2. The Balaban J connectivity index is 2.16. The molecule has 0 aliphatic carbocycles. The van der Waals surface area contributed by atoms with Gasteiger partial charge in [-0.2, -0.15) is 16.4 Å². The summed E-state index contributed by atoms with van der Waals surface area (Å²) < 4.78 is 0. The lowest BCUT2D eigenvalue weighted by atomic mass is 10.2. The third kappa shape index (κ3) is 5.32. The molecule has 0 spiro atoms. The highest BCUT2D eigenvalue weighted by Gasteiger charge is 1.97. The van der Waals surface area contributed by atoms with Crippen molar-refractivity contribution in [2.75, 3.05) is 0 Å². The van der Waals surface area contributed by atoms with E-state index in [1.807, 2.05) is 16.8 Å². The van der Waals surface area contributed by atoms with Gasteiger partial charge in [0.1, 0.15) is 0 Å². The van der Waals surface area contributed by atoms with Crippen LogP contribution >= 0.6 is 11.3 Å². The number of amides is 1. The summed E-state index contributed by atoms with van der Waals surface area (Å²) in [4.78, 5) is 11.2. The molecule has 0 saturated carbocycles. The van der Waals surface area contributed by atoms with Crippen LogP contribution in [0.15, 0.2) is 21.9 Å². The first-order chi connectivity index (χ1) is 7.33. The molecule has 1 rings (SSSR count). The average Bonchev–Trinajstić information content (AvgIpc) is 2.71. The molecule has 1 N–H and O–H groups in total. The molecule has 0 atom stereocenters. The molecule has 0 unspecified atom stereocenters. The smallest absolute Gasteiger partial charge is 0.240 e. The molecule has 0 bridgehead atoms. The first-order valence-corrected chi connectivity index (χ1v) is 6.11. The number of hydrogen-bond acceptors (Lipinski definition) is 3. The fraction of sp³-hybridized carbons (Fsp3) is 0.455. The number of carbonyl (C=O) groups is 1. The lowest BCUT2D eigenvalue weighted by Crippen LogP contribution is -2.16. The van der Waals surface area contributed by atoms with Gasteiger partial charge in [0.05, 0.1) is 6.21 Å². The minimum Gasteiger partial charge on any atom is -0.273 e. The maximum atomic E-state index is 11.2. The summed E-state index contributed by atoms with van der Waals surface area (Å²) >= 11 is 1.61. The van der Waals surface area contributed by atoms with Crippen molar-refractivity contribution in [1.82, 2.24) is 5.43 Å². The topological polar surface area (TPSA) is 41.5 Å². The van der Waals surface area contributed by atoms with Crippen LogP contribution in [0.1, 0.15) is 38.2 Å². The van der Waals surface area contributed by atoms with Gasteiger partial charge in [-0.05, 0) is 23.2 Å². The van der Waals surface area contributed by atoms with E-state index in [9.17, 15) is 4.79 Å². The second-order valence-electron chi connectivity index (χ2n) is 3.31. The number of hydrazone groups is 1. The van der Waals surface area contributed by atoms with Gasteiger partial charge in [0.15, 0.2) is 0 Å². The van der Waals surface area contributed by atoms with Gasteiger partial charge in [-0.25, -0.2) is 5.43 Å². The Kier molecular flexibility index (Phi) is 5.70. The highest BCUT2D eigenvalue weighted by Crippen LogP contribution is 2.02. The van der Waals surface area contributed by atoms with E-state index in [1.54, 1.807) is 17.6 Å². The fourth-order valence-corrected chi connectivity index (χ4v) is 1.73. The third-order valence-corrected chi connectivity index (χ3v) is 2.65. The molecule has 0 aliphatic rings. The normalized spacial score (nSPS) is 10.7. The fourth-order valence-electron chi connectivity index (χ4n) is 1.12. The zero-order valence-electron chi connectivity index (χ0n) is 8.90. The van der Waals surface area contributed by atoms with Gasteiger partial charge in [0, 0.05) is 12.0 Å². The Morgan fingerprint density at radius 1 is 1.60 bits per heavy atom. The highest BCUT2D eigenvalue weighted by atomic mass is 32.1. The van der Waals surface area contributed by atoms with Crippen molar-refractivity contribution < 1.29 is 4.79 Å². The Bertz CT molecular complexity index is 306. The van der Waals surface area contributed by atoms with Crippen molar-refractivity contribution in [1.29, 1.82) is 0 Å². The van der Waals surface area contributed by atoms with Crippen molar-refractivity contribution in [3.63, 3.8) is 0 Å². The van der Waals surface area contributed by atoms with Gasteiger partial charge in [-0.3, -0.25) is 4.79 Å². The average molecular weight is 224 g/mol. The minimum absolute atomic E-state index is 0.00469. The van der Waals surface area contributed by atoms with Crippen LogP contribution in [0, 0.1) is 0 Å². The van der Waals surface area contributed by atoms with Gasteiger partial charge < -0.3 is 0 Å². The molecule has 15 heavy (non-hydrogen) atoms. The van der Waals surface area contributed by atoms with Crippen LogP contribution in [-0.2, 0) is 4.79 Å². The number of carbonyl (C=O) groups excluding carboxylic acids is 1. The molecule has 4 heteroatoms. The molecule has 1 heterocycles. The Morgan fingerprint density at radius 3 is 3.13 bits per heavy atom. The summed E-state index contributed by atoms with van der Waals surface area (Å²) in [5.74, 6) is -0.00469. The summed E-state index contributed by atoms with van der Waals surface area (Å²) in [6, 6.07) is 1.96. The maximum absolute atomic E-state index is 11.2. The molecule has 0 radical (unpaired) electrons. The predicted octanol–water partition coefficient (Wildman–Crippen LogP) is 2.78. The molecule has 0 saturated heterocycles. The number of nitrogens with zero attached hydrogens (tertiary/aromatic N) is 1. The summed E-state index contributed by atoms with van der Waals surface area (Å²) in [6.07, 6.45) is 5.40. The van der Waals surface area contributed by atoms with E-state index in [0.29, 0.717) is 6.42 Å². The van der Waals surface area contributed by atoms with Crippen LogP contribution in [0.3, 0.4) is 0 Å². The second kappa shape index (κ2) is 7.17. The Hall–Kier alpha value is -1.16. The quantitative estimate of drug-likeness (QED) is 0.450. The van der Waals surface area contributed by atoms with Gasteiger partial charge in [-0.15, -0.1) is 0 Å². The minimum atomic E-state index is -0.00469. The van der Waals surface area contributed by atoms with Gasteiger partial charge in [0.2, 0.25) is 5.91 Å². The van der Waals surface area contributed by atoms with Crippen molar-refractivity contribution in [2.45, 2.75) is 32.6 Å². The van der Waals surface area contributed by atoms with Crippen LogP contribution < -0.4 is 5.43 Å². The summed E-state index contributed by atoms with van der Waals surface area (Å²) in [7, 11) is 0. The largest absolute Gasteiger partial charge is 0.273 e. The molecule has 3 nitrogen and oxygen atoms in total. The highest BCUT2D eigenvalue weighted by molar-refractivity contribution is 7.08. The zero-order chi connectivity index (χ0) is 10.9. The van der Waals surface area contributed by atoms with Crippen LogP contribution in [0.2, 0.25) is 0 Å².